The molecule has 0 bridgehead atoms. The molecular weight excluding hydrogens is 644 g/mol. The predicted molar refractivity (Wildman–Crippen MR) is 211 cm³/mol. The van der Waals surface area contributed by atoms with Gasteiger partial charge < -0.3 is 14.5 Å². The maximum Gasteiger partial charge on any atom is 0.137 e. The van der Waals surface area contributed by atoms with Crippen LogP contribution in [0.5, 0.6) is 11.5 Å². The van der Waals surface area contributed by atoms with Gasteiger partial charge in [0.1, 0.15) is 29.8 Å². The monoisotopic (exact) mass is 680 g/mol. The first-order valence-electron chi connectivity index (χ1n) is 17.7. The maximum atomic E-state index is 14.4. The molecule has 1 aliphatic heterocycles. The Morgan fingerprint density at radius 1 is 0.615 bits per heavy atom. The minimum atomic E-state index is -0.259. The fourth-order valence-electron chi connectivity index (χ4n) is 7.61. The Balaban J connectivity index is 1.18. The van der Waals surface area contributed by atoms with E-state index in [1.54, 1.807) is 12.1 Å². The van der Waals surface area contributed by atoms with E-state index in [9.17, 15) is 4.39 Å². The molecule has 52 heavy (non-hydrogen) atoms. The van der Waals surface area contributed by atoms with Crippen molar-refractivity contribution in [3.8, 4) is 28.4 Å². The van der Waals surface area contributed by atoms with Gasteiger partial charge in [-0.3, -0.25) is 4.57 Å². The molecule has 0 atom stereocenters. The van der Waals surface area contributed by atoms with Crippen LogP contribution in [0.4, 0.5) is 27.1 Å². The third kappa shape index (κ3) is 5.63. The van der Waals surface area contributed by atoms with E-state index in [-0.39, 0.29) is 5.82 Å². The van der Waals surface area contributed by atoms with Crippen molar-refractivity contribution in [2.45, 2.75) is 27.2 Å². The third-order valence-electron chi connectivity index (χ3n) is 9.95. The van der Waals surface area contributed by atoms with E-state index < -0.39 is 0 Å². The van der Waals surface area contributed by atoms with Gasteiger partial charge in [-0.25, -0.2) is 9.37 Å². The normalized spacial score (nSPS) is 12.5. The molecule has 6 heteroatoms. The molecule has 0 saturated carbocycles. The molecule has 8 aromatic rings. The van der Waals surface area contributed by atoms with Crippen LogP contribution in [0.3, 0.4) is 0 Å². The first-order valence-corrected chi connectivity index (χ1v) is 17.7. The average Bonchev–Trinajstić information content (AvgIpc) is 3.71. The van der Waals surface area contributed by atoms with E-state index in [4.69, 9.17) is 9.72 Å². The topological polar surface area (TPSA) is 33.5 Å². The van der Waals surface area contributed by atoms with Crippen molar-refractivity contribution >= 4 is 44.6 Å². The Morgan fingerprint density at radius 2 is 1.35 bits per heavy atom. The maximum absolute atomic E-state index is 14.4. The molecule has 0 saturated heterocycles. The number of pyridine rings is 1. The highest BCUT2D eigenvalue weighted by molar-refractivity contribution is 6.09. The number of rotatable bonds is 7. The van der Waals surface area contributed by atoms with Crippen molar-refractivity contribution in [1.82, 2.24) is 9.55 Å². The number of benzene rings is 6. The van der Waals surface area contributed by atoms with Crippen molar-refractivity contribution < 1.29 is 9.13 Å². The van der Waals surface area contributed by atoms with Crippen molar-refractivity contribution in [3.05, 3.63) is 168 Å². The Hall–Kier alpha value is -6.40. The Bertz CT molecular complexity index is 2620. The summed E-state index contributed by atoms with van der Waals surface area (Å²) in [6.45, 7) is 6.95. The minimum absolute atomic E-state index is 0.259. The fraction of sp³-hybridized carbons (Fsp3) is 0.109. The van der Waals surface area contributed by atoms with Crippen LogP contribution < -0.4 is 14.5 Å². The Morgan fingerprint density at radius 3 is 2.13 bits per heavy atom. The molecule has 1 aliphatic rings. The first kappa shape index (κ1) is 31.6. The third-order valence-corrected chi connectivity index (χ3v) is 9.95. The number of aryl methyl sites for hydroxylation is 3. The number of aromatic nitrogens is 2. The molecule has 2 aromatic heterocycles. The molecule has 0 fully saturated rings. The van der Waals surface area contributed by atoms with E-state index in [0.29, 0.717) is 6.67 Å². The van der Waals surface area contributed by atoms with Crippen LogP contribution in [0.15, 0.2) is 146 Å². The molecule has 3 heterocycles. The highest BCUT2D eigenvalue weighted by Gasteiger charge is 2.29. The number of para-hydroxylation sites is 3. The Kier molecular flexibility index (Phi) is 7.73. The summed E-state index contributed by atoms with van der Waals surface area (Å²) in [6.07, 6.45) is 2.82. The summed E-state index contributed by atoms with van der Waals surface area (Å²) in [4.78, 5) is 9.22. The number of halogens is 1. The second-order valence-corrected chi connectivity index (χ2v) is 13.6. The van der Waals surface area contributed by atoms with Crippen LogP contribution in [0, 0.1) is 19.7 Å². The zero-order chi connectivity index (χ0) is 35.3. The summed E-state index contributed by atoms with van der Waals surface area (Å²) < 4.78 is 23.5. The summed E-state index contributed by atoms with van der Waals surface area (Å²) in [6, 6.07) is 47.2. The predicted octanol–water partition coefficient (Wildman–Crippen LogP) is 12.2. The number of ether oxygens (including phenoxy) is 1. The zero-order valence-electron chi connectivity index (χ0n) is 29.3. The highest BCUT2D eigenvalue weighted by Crippen LogP contribution is 2.46. The van der Waals surface area contributed by atoms with Crippen molar-refractivity contribution in [3.63, 3.8) is 0 Å². The lowest BCUT2D eigenvalue weighted by molar-refractivity contribution is 0.483. The number of anilines is 4. The van der Waals surface area contributed by atoms with Gasteiger partial charge in [0, 0.05) is 40.5 Å². The zero-order valence-corrected chi connectivity index (χ0v) is 29.3. The van der Waals surface area contributed by atoms with Gasteiger partial charge in [0.25, 0.3) is 0 Å². The quantitative estimate of drug-likeness (QED) is 0.168. The summed E-state index contributed by atoms with van der Waals surface area (Å²) in [5, 5.41) is 2.31. The van der Waals surface area contributed by atoms with Gasteiger partial charge in [0.05, 0.1) is 22.4 Å². The lowest BCUT2D eigenvalue weighted by atomic mass is 9.99. The minimum Gasteiger partial charge on any atom is -0.457 e. The van der Waals surface area contributed by atoms with Crippen LogP contribution in [-0.4, -0.2) is 16.2 Å². The molecule has 0 radical (unpaired) electrons. The summed E-state index contributed by atoms with van der Waals surface area (Å²) in [5.74, 6) is 2.08. The van der Waals surface area contributed by atoms with E-state index in [2.05, 4.69) is 138 Å². The molecule has 254 valence electrons. The van der Waals surface area contributed by atoms with E-state index in [1.165, 1.54) is 28.1 Å². The van der Waals surface area contributed by atoms with Gasteiger partial charge in [-0.15, -0.1) is 0 Å². The van der Waals surface area contributed by atoms with Crippen LogP contribution in [0.2, 0.25) is 0 Å². The first-order chi connectivity index (χ1) is 25.4. The number of hydrogen-bond acceptors (Lipinski definition) is 4. The number of fused-ring (bicyclic) bond motifs is 4. The van der Waals surface area contributed by atoms with Gasteiger partial charge in [-0.2, -0.15) is 0 Å². The number of nitrogens with zero attached hydrogens (tertiary/aromatic N) is 4. The molecule has 0 spiro atoms. The van der Waals surface area contributed by atoms with Crippen LogP contribution >= 0.6 is 0 Å². The van der Waals surface area contributed by atoms with Gasteiger partial charge in [0.15, 0.2) is 0 Å². The fourth-order valence-corrected chi connectivity index (χ4v) is 7.61. The molecule has 0 N–H and O–H groups in total. The van der Waals surface area contributed by atoms with Crippen LogP contribution in [-0.2, 0) is 6.42 Å². The van der Waals surface area contributed by atoms with E-state index in [1.807, 2.05) is 24.4 Å². The van der Waals surface area contributed by atoms with Gasteiger partial charge >= 0.3 is 0 Å². The van der Waals surface area contributed by atoms with Crippen LogP contribution in [0.25, 0.3) is 38.8 Å². The molecule has 0 unspecified atom stereocenters. The highest BCUT2D eigenvalue weighted by atomic mass is 19.1. The average molecular weight is 681 g/mol. The van der Waals surface area contributed by atoms with Crippen molar-refractivity contribution in [2.24, 2.45) is 0 Å². The standard InChI is InChI=1S/C46H37FN4O/c1-4-32-18-19-48-46(23-32)51-42-13-6-5-12-40(42)41-17-16-38(28-45(41)51)52-39-25-34(33-21-30(2)20-31(3)22-33)24-37(27-39)50-29-49(36-11-9-10-35(47)26-36)43-14-7-8-15-44(43)50/h5-28H,4,29H2,1-3H3. The molecule has 6 aromatic carbocycles. The molecule has 5 nitrogen and oxygen atoms in total. The second-order valence-electron chi connectivity index (χ2n) is 13.6. The largest absolute Gasteiger partial charge is 0.457 e. The second kappa shape index (κ2) is 12.7. The van der Waals surface area contributed by atoms with Gasteiger partial charge in [-0.1, -0.05) is 72.6 Å². The molecule has 0 aliphatic carbocycles. The molecular formula is C46H37FN4O. The molecule has 9 rings (SSSR count). The van der Waals surface area contributed by atoms with Crippen molar-refractivity contribution in [1.29, 1.82) is 0 Å². The number of hydrogen-bond donors (Lipinski definition) is 0. The summed E-state index contributed by atoms with van der Waals surface area (Å²) in [5.41, 5.74) is 11.8. The van der Waals surface area contributed by atoms with Crippen LogP contribution in [0.1, 0.15) is 23.6 Å². The lowest BCUT2D eigenvalue weighted by Crippen LogP contribution is -2.24. The van der Waals surface area contributed by atoms with E-state index in [0.717, 1.165) is 74.0 Å². The summed E-state index contributed by atoms with van der Waals surface area (Å²) >= 11 is 0. The SMILES string of the molecule is CCc1ccnc(-n2c3ccccc3c3ccc(Oc4cc(-c5cc(C)cc(C)c5)cc(N5CN(c6cccc(F)c6)c6ccccc65)c4)cc32)c1. The lowest BCUT2D eigenvalue weighted by Gasteiger charge is -2.23. The van der Waals surface area contributed by atoms with Gasteiger partial charge in [-0.05, 0) is 110 Å². The summed E-state index contributed by atoms with van der Waals surface area (Å²) in [7, 11) is 0. The van der Waals surface area contributed by atoms with E-state index >= 15 is 0 Å². The van der Waals surface area contributed by atoms with Crippen molar-refractivity contribution in [2.75, 3.05) is 16.5 Å². The van der Waals surface area contributed by atoms with Gasteiger partial charge in [0.2, 0.25) is 0 Å². The Labute approximate surface area is 302 Å². The molecule has 0 amide bonds. The smallest absolute Gasteiger partial charge is 0.137 e.